The van der Waals surface area contributed by atoms with E-state index < -0.39 is 11.2 Å². The van der Waals surface area contributed by atoms with Gasteiger partial charge in [0, 0.05) is 17.4 Å². The molecule has 1 atom stereocenters. The van der Waals surface area contributed by atoms with Gasteiger partial charge in [-0.05, 0) is 36.6 Å². The Morgan fingerprint density at radius 2 is 2.23 bits per heavy atom. The minimum atomic E-state index is -0.905. The van der Waals surface area contributed by atoms with E-state index in [1.807, 2.05) is 0 Å². The molecular weight excluding hydrogens is 393 g/mol. The van der Waals surface area contributed by atoms with Crippen molar-refractivity contribution in [3.8, 4) is 0 Å². The van der Waals surface area contributed by atoms with Crippen molar-refractivity contribution in [3.63, 3.8) is 0 Å². The molecular formula is C14H13BrFNO3S2. The molecule has 1 amide bonds. The Hall–Kier alpha value is -0.990. The van der Waals surface area contributed by atoms with Crippen LogP contribution >= 0.6 is 39.9 Å². The van der Waals surface area contributed by atoms with Gasteiger partial charge in [0.05, 0.1) is 5.25 Å². The largest absolute Gasteiger partial charge is 0.481 e. The first-order valence-corrected chi connectivity index (χ1v) is 8.64. The summed E-state index contributed by atoms with van der Waals surface area (Å²) in [5, 5.41) is 8.18. The minimum Gasteiger partial charge on any atom is -0.481 e. The topological polar surface area (TPSA) is 57.6 Å². The van der Waals surface area contributed by atoms with Crippen LogP contribution in [0.1, 0.15) is 18.4 Å². The zero-order valence-electron chi connectivity index (χ0n) is 11.4. The lowest BCUT2D eigenvalue weighted by Crippen LogP contribution is -2.33. The Morgan fingerprint density at radius 1 is 1.50 bits per heavy atom. The van der Waals surface area contributed by atoms with Crippen molar-refractivity contribution in [3.05, 3.63) is 34.1 Å². The molecule has 1 aromatic rings. The third-order valence-electron chi connectivity index (χ3n) is 3.19. The van der Waals surface area contributed by atoms with Gasteiger partial charge in [-0.1, -0.05) is 39.9 Å². The zero-order valence-corrected chi connectivity index (χ0v) is 14.6. The van der Waals surface area contributed by atoms with E-state index in [2.05, 4.69) is 15.9 Å². The van der Waals surface area contributed by atoms with Crippen molar-refractivity contribution in [2.24, 2.45) is 0 Å². The van der Waals surface area contributed by atoms with Crippen LogP contribution in [0.15, 0.2) is 22.7 Å². The van der Waals surface area contributed by atoms with Crippen molar-refractivity contribution < 1.29 is 19.1 Å². The smallest absolute Gasteiger partial charge is 0.303 e. The van der Waals surface area contributed by atoms with Gasteiger partial charge in [0.25, 0.3) is 0 Å². The Bertz CT molecular complexity index is 626. The number of carboxylic acids is 1. The van der Waals surface area contributed by atoms with E-state index in [-0.39, 0.29) is 31.1 Å². The van der Waals surface area contributed by atoms with Crippen LogP contribution in [0.5, 0.6) is 0 Å². The number of carbonyl (C=O) groups is 2. The highest BCUT2D eigenvalue weighted by atomic mass is 79.9. The van der Waals surface area contributed by atoms with Gasteiger partial charge in [-0.3, -0.25) is 14.5 Å². The maximum Gasteiger partial charge on any atom is 0.303 e. The number of halogens is 2. The van der Waals surface area contributed by atoms with Crippen LogP contribution in [0.25, 0.3) is 0 Å². The second-order valence-corrected chi connectivity index (χ2v) is 7.55. The van der Waals surface area contributed by atoms with E-state index in [1.165, 1.54) is 22.7 Å². The first-order valence-electron chi connectivity index (χ1n) is 6.56. The summed E-state index contributed by atoms with van der Waals surface area (Å²) >= 11 is 9.68. The Labute approximate surface area is 145 Å². The van der Waals surface area contributed by atoms with Crippen molar-refractivity contribution >= 4 is 56.1 Å². The fourth-order valence-electron chi connectivity index (χ4n) is 2.12. The number of thioether (sulfide) groups is 1. The normalized spacial score (nSPS) is 18.1. The second kappa shape index (κ2) is 7.52. The fraction of sp³-hybridized carbons (Fsp3) is 0.357. The number of hydrogen-bond acceptors (Lipinski definition) is 4. The quantitative estimate of drug-likeness (QED) is 0.736. The van der Waals surface area contributed by atoms with Crippen LogP contribution < -0.4 is 0 Å². The summed E-state index contributed by atoms with van der Waals surface area (Å²) in [6.45, 7) is 0.286. The van der Waals surface area contributed by atoms with Crippen LogP contribution in [0.3, 0.4) is 0 Å². The first-order chi connectivity index (χ1) is 10.4. The van der Waals surface area contributed by atoms with Gasteiger partial charge in [0.2, 0.25) is 5.91 Å². The Kier molecular flexibility index (Phi) is 5.94. The minimum absolute atomic E-state index is 0.0119. The van der Waals surface area contributed by atoms with E-state index in [4.69, 9.17) is 17.3 Å². The summed E-state index contributed by atoms with van der Waals surface area (Å²) in [5.41, 5.74) is 0.454. The lowest BCUT2D eigenvalue weighted by Gasteiger charge is -2.15. The van der Waals surface area contributed by atoms with Crippen LogP contribution in [-0.4, -0.2) is 38.0 Å². The number of nitrogens with zero attached hydrogens (tertiary/aromatic N) is 1. The number of rotatable bonds is 6. The number of hydrogen-bond donors (Lipinski definition) is 1. The average molecular weight is 406 g/mol. The molecule has 1 saturated heterocycles. The van der Waals surface area contributed by atoms with Gasteiger partial charge in [-0.25, -0.2) is 4.39 Å². The first kappa shape index (κ1) is 17.4. The number of benzene rings is 1. The van der Waals surface area contributed by atoms with E-state index in [0.717, 1.165) is 4.47 Å². The lowest BCUT2D eigenvalue weighted by atomic mass is 10.1. The predicted octanol–water partition coefficient (Wildman–Crippen LogP) is 3.22. The standard InChI is InChI=1S/C14H13BrFNO3S2/c15-9-3-4-10(16)8(6-9)7-11-13(20)17(14(21)22-11)5-1-2-12(18)19/h3-4,6,11H,1-2,5,7H2,(H,18,19). The third kappa shape index (κ3) is 4.27. The number of carboxylic acid groups (broad SMARTS) is 1. The number of thiocarbonyl (C=S) groups is 1. The number of carbonyl (C=O) groups excluding carboxylic acids is 1. The predicted molar refractivity (Wildman–Crippen MR) is 90.4 cm³/mol. The Balaban J connectivity index is 2.01. The van der Waals surface area contributed by atoms with E-state index in [0.29, 0.717) is 16.3 Å². The molecule has 2 rings (SSSR count). The molecule has 1 aromatic carbocycles. The zero-order chi connectivity index (χ0) is 16.3. The monoisotopic (exact) mass is 405 g/mol. The number of aliphatic carboxylic acids is 1. The highest BCUT2D eigenvalue weighted by molar-refractivity contribution is 9.10. The summed E-state index contributed by atoms with van der Waals surface area (Å²) in [4.78, 5) is 24.3. The van der Waals surface area contributed by atoms with Crippen LogP contribution in [0.2, 0.25) is 0 Å². The summed E-state index contributed by atoms with van der Waals surface area (Å²) in [6.07, 6.45) is 0.589. The maximum atomic E-state index is 13.8. The molecule has 1 N–H and O–H groups in total. The molecule has 8 heteroatoms. The van der Waals surface area contributed by atoms with Gasteiger partial charge >= 0.3 is 5.97 Å². The summed E-state index contributed by atoms with van der Waals surface area (Å²) < 4.78 is 15.0. The lowest BCUT2D eigenvalue weighted by molar-refractivity contribution is -0.137. The summed E-state index contributed by atoms with van der Waals surface area (Å²) in [7, 11) is 0. The molecule has 0 aliphatic carbocycles. The molecule has 1 heterocycles. The molecule has 1 unspecified atom stereocenters. The van der Waals surface area contributed by atoms with Gasteiger partial charge in [-0.15, -0.1) is 0 Å². The van der Waals surface area contributed by atoms with Gasteiger partial charge in [0.1, 0.15) is 10.1 Å². The SMILES string of the molecule is O=C(O)CCCN1C(=O)C(Cc2cc(Br)ccc2F)SC1=S. The molecule has 22 heavy (non-hydrogen) atoms. The summed E-state index contributed by atoms with van der Waals surface area (Å²) in [5.74, 6) is -1.44. The van der Waals surface area contributed by atoms with Crippen molar-refractivity contribution in [1.29, 1.82) is 0 Å². The van der Waals surface area contributed by atoms with Crippen molar-refractivity contribution in [2.45, 2.75) is 24.5 Å². The molecule has 4 nitrogen and oxygen atoms in total. The highest BCUT2D eigenvalue weighted by Gasteiger charge is 2.36. The fourth-order valence-corrected chi connectivity index (χ4v) is 4.10. The maximum absolute atomic E-state index is 13.8. The molecule has 0 saturated carbocycles. The Morgan fingerprint density at radius 3 is 2.91 bits per heavy atom. The molecule has 0 aromatic heterocycles. The van der Waals surface area contributed by atoms with Crippen LogP contribution in [0, 0.1) is 5.82 Å². The van der Waals surface area contributed by atoms with E-state index in [9.17, 15) is 14.0 Å². The van der Waals surface area contributed by atoms with Crippen molar-refractivity contribution in [1.82, 2.24) is 4.90 Å². The van der Waals surface area contributed by atoms with Crippen LogP contribution in [-0.2, 0) is 16.0 Å². The number of amides is 1. The molecule has 1 aliphatic heterocycles. The van der Waals surface area contributed by atoms with Gasteiger partial charge in [0.15, 0.2) is 0 Å². The van der Waals surface area contributed by atoms with E-state index in [1.54, 1.807) is 12.1 Å². The third-order valence-corrected chi connectivity index (χ3v) is 5.27. The average Bonchev–Trinajstić information content (AvgIpc) is 2.70. The second-order valence-electron chi connectivity index (χ2n) is 4.80. The molecule has 0 radical (unpaired) electrons. The van der Waals surface area contributed by atoms with Gasteiger partial charge in [-0.2, -0.15) is 0 Å². The summed E-state index contributed by atoms with van der Waals surface area (Å²) in [6, 6.07) is 4.61. The molecule has 118 valence electrons. The molecule has 0 spiro atoms. The van der Waals surface area contributed by atoms with Gasteiger partial charge < -0.3 is 5.11 Å². The molecule has 0 bridgehead atoms. The molecule has 1 fully saturated rings. The van der Waals surface area contributed by atoms with Crippen LogP contribution in [0.4, 0.5) is 4.39 Å². The van der Waals surface area contributed by atoms with Crippen molar-refractivity contribution in [2.75, 3.05) is 6.54 Å². The molecule has 1 aliphatic rings. The highest BCUT2D eigenvalue weighted by Crippen LogP contribution is 2.31. The van der Waals surface area contributed by atoms with E-state index >= 15 is 0 Å².